The Morgan fingerprint density at radius 2 is 1.26 bits per heavy atom. The number of carbonyl (C=O) groups is 1. The molecule has 0 heterocycles. The van der Waals surface area contributed by atoms with Gasteiger partial charge in [0.1, 0.15) is 0 Å². The molecule has 4 N–H and O–H groups in total. The van der Waals surface area contributed by atoms with Crippen molar-refractivity contribution in [3.8, 4) is 0 Å². The van der Waals surface area contributed by atoms with Crippen LogP contribution in [0.1, 0.15) is 91.9 Å². The second-order valence-corrected chi connectivity index (χ2v) is 10.1. The minimum absolute atomic E-state index is 0.0182. The van der Waals surface area contributed by atoms with E-state index >= 15 is 0 Å². The molecule has 0 saturated heterocycles. The lowest BCUT2D eigenvalue weighted by molar-refractivity contribution is -0.137. The average Bonchev–Trinajstić information content (AvgIpc) is 2.83. The number of hydrogen-bond donors (Lipinski definition) is 4. The summed E-state index contributed by atoms with van der Waals surface area (Å²) < 4.78 is 0. The number of allylic oxidation sites excluding steroid dienone is 4. The topological polar surface area (TPSA) is 98.0 Å². The van der Waals surface area contributed by atoms with Crippen molar-refractivity contribution in [2.24, 2.45) is 23.7 Å². The molecule has 0 aliphatic carbocycles. The van der Waals surface area contributed by atoms with Crippen molar-refractivity contribution >= 4 is 5.97 Å². The van der Waals surface area contributed by atoms with Crippen molar-refractivity contribution in [3.63, 3.8) is 0 Å². The summed E-state index contributed by atoms with van der Waals surface area (Å²) in [7, 11) is 0. The van der Waals surface area contributed by atoms with Crippen LogP contribution < -0.4 is 0 Å². The first-order valence-electron chi connectivity index (χ1n) is 13.5. The van der Waals surface area contributed by atoms with Crippen LogP contribution in [0.3, 0.4) is 0 Å². The maximum atomic E-state index is 10.6. The van der Waals surface area contributed by atoms with Crippen molar-refractivity contribution in [2.75, 3.05) is 0 Å². The van der Waals surface area contributed by atoms with Crippen molar-refractivity contribution in [1.82, 2.24) is 0 Å². The molecular weight excluding hydrogens is 440 g/mol. The molecule has 0 aromatic heterocycles. The molecule has 7 atom stereocenters. The molecule has 0 saturated carbocycles. The third-order valence-electron chi connectivity index (χ3n) is 6.83. The number of aliphatic hydroxyl groups excluding tert-OH is 3. The number of carboxylic acids is 1. The van der Waals surface area contributed by atoms with E-state index in [1.165, 1.54) is 0 Å². The predicted octanol–water partition coefficient (Wildman–Crippen LogP) is 6.45. The fraction of sp³-hybridized carbons (Fsp3) is 0.700. The summed E-state index contributed by atoms with van der Waals surface area (Å²) in [5, 5.41) is 40.1. The Hall–Kier alpha value is -1.69. The Labute approximate surface area is 214 Å². The van der Waals surface area contributed by atoms with E-state index in [0.29, 0.717) is 12.8 Å². The van der Waals surface area contributed by atoms with Gasteiger partial charge in [-0.15, -0.1) is 0 Å². The van der Waals surface area contributed by atoms with Gasteiger partial charge in [0.25, 0.3) is 0 Å². The number of rotatable bonds is 21. The van der Waals surface area contributed by atoms with Gasteiger partial charge in [0.05, 0.1) is 18.3 Å². The number of aliphatic carboxylic acids is 1. The minimum atomic E-state index is -0.709. The predicted molar refractivity (Wildman–Crippen MR) is 146 cm³/mol. The largest absolute Gasteiger partial charge is 0.481 e. The van der Waals surface area contributed by atoms with E-state index in [-0.39, 0.29) is 30.1 Å². The zero-order chi connectivity index (χ0) is 26.6. The molecule has 0 spiro atoms. The molecule has 0 amide bonds. The van der Waals surface area contributed by atoms with E-state index in [0.717, 1.165) is 44.9 Å². The monoisotopic (exact) mass is 492 g/mol. The summed E-state index contributed by atoms with van der Waals surface area (Å²) in [6, 6.07) is 0. The fourth-order valence-corrected chi connectivity index (χ4v) is 4.18. The first kappa shape index (κ1) is 33.3. The molecule has 0 aromatic rings. The molecule has 0 aromatic carbocycles. The summed E-state index contributed by atoms with van der Waals surface area (Å²) in [5.41, 5.74) is 0. The second-order valence-electron chi connectivity index (χ2n) is 10.1. The Morgan fingerprint density at radius 1 is 0.743 bits per heavy atom. The van der Waals surface area contributed by atoms with Gasteiger partial charge in [0.2, 0.25) is 0 Å². The summed E-state index contributed by atoms with van der Waals surface area (Å²) in [6.07, 6.45) is 20.8. The molecule has 0 unspecified atom stereocenters. The van der Waals surface area contributed by atoms with Gasteiger partial charge in [-0.25, -0.2) is 0 Å². The zero-order valence-corrected chi connectivity index (χ0v) is 22.6. The molecular formula is C30H52O5. The lowest BCUT2D eigenvalue weighted by atomic mass is 9.87. The van der Waals surface area contributed by atoms with Crippen LogP contribution in [0.4, 0.5) is 0 Å². The third-order valence-corrected chi connectivity index (χ3v) is 6.83. The summed E-state index contributed by atoms with van der Waals surface area (Å²) >= 11 is 0. The van der Waals surface area contributed by atoms with E-state index in [2.05, 4.69) is 18.7 Å². The summed E-state index contributed by atoms with van der Waals surface area (Å²) in [6.45, 7) is 11.5. The SMILES string of the molecule is C=C/C=C\[C@H](C)[C@H](O)[C@@H](C)[C@H](O)CC/C=C\[C@H](C)[C@@H](O)[C@@H](C)/C=C\CCCCCCCCC(=O)O. The van der Waals surface area contributed by atoms with E-state index in [1.54, 1.807) is 6.08 Å². The van der Waals surface area contributed by atoms with Crippen LogP contribution in [0.25, 0.3) is 0 Å². The van der Waals surface area contributed by atoms with Crippen LogP contribution in [0.15, 0.2) is 49.1 Å². The van der Waals surface area contributed by atoms with Gasteiger partial charge in [-0.05, 0) is 32.1 Å². The number of carboxylic acid groups (broad SMARTS) is 1. The standard InChI is InChI=1S/C30H52O5/c1-6-7-18-25(4)30(35)26(5)27(31)21-17-16-20-24(3)29(34)23(2)19-14-12-10-8-9-11-13-15-22-28(32)33/h6-7,14,16,18-20,23-27,29-31,34-35H,1,8-13,15,17,21-22H2,2-5H3,(H,32,33)/b18-7-,19-14-,20-16-/t23-,24-,25-,26-,27+,29-,30-/m0/s1. The first-order chi connectivity index (χ1) is 16.6. The lowest BCUT2D eigenvalue weighted by Crippen LogP contribution is -2.33. The highest BCUT2D eigenvalue weighted by molar-refractivity contribution is 5.66. The molecule has 5 heteroatoms. The molecule has 202 valence electrons. The van der Waals surface area contributed by atoms with Gasteiger partial charge in [-0.3, -0.25) is 4.79 Å². The highest BCUT2D eigenvalue weighted by Crippen LogP contribution is 2.21. The maximum Gasteiger partial charge on any atom is 0.303 e. The number of unbranched alkanes of at least 4 members (excludes halogenated alkanes) is 6. The molecule has 0 bridgehead atoms. The van der Waals surface area contributed by atoms with Crippen molar-refractivity contribution in [2.45, 2.75) is 110 Å². The third kappa shape index (κ3) is 16.6. The quantitative estimate of drug-likeness (QED) is 0.0838. The normalized spacial score (nSPS) is 18.5. The van der Waals surface area contributed by atoms with Crippen LogP contribution in [0.2, 0.25) is 0 Å². The van der Waals surface area contributed by atoms with Crippen LogP contribution >= 0.6 is 0 Å². The van der Waals surface area contributed by atoms with Gasteiger partial charge in [0, 0.05) is 30.1 Å². The molecule has 0 aliphatic heterocycles. The number of hydrogen-bond acceptors (Lipinski definition) is 4. The molecule has 0 rings (SSSR count). The van der Waals surface area contributed by atoms with Gasteiger partial charge in [-0.1, -0.05) is 102 Å². The summed E-state index contributed by atoms with van der Waals surface area (Å²) in [5.74, 6) is -0.897. The highest BCUT2D eigenvalue weighted by atomic mass is 16.4. The van der Waals surface area contributed by atoms with Crippen molar-refractivity contribution in [3.05, 3.63) is 49.1 Å². The van der Waals surface area contributed by atoms with E-state index in [4.69, 9.17) is 5.11 Å². The van der Waals surface area contributed by atoms with Crippen molar-refractivity contribution < 1.29 is 25.2 Å². The van der Waals surface area contributed by atoms with Gasteiger partial charge in [0.15, 0.2) is 0 Å². The molecule has 0 aliphatic rings. The molecule has 35 heavy (non-hydrogen) atoms. The summed E-state index contributed by atoms with van der Waals surface area (Å²) in [4.78, 5) is 10.5. The lowest BCUT2D eigenvalue weighted by Gasteiger charge is -2.27. The van der Waals surface area contributed by atoms with E-state index in [9.17, 15) is 20.1 Å². The molecule has 0 radical (unpaired) electrons. The van der Waals surface area contributed by atoms with Crippen LogP contribution in [-0.4, -0.2) is 44.7 Å². The molecule has 5 nitrogen and oxygen atoms in total. The van der Waals surface area contributed by atoms with Crippen molar-refractivity contribution in [1.29, 1.82) is 0 Å². The van der Waals surface area contributed by atoms with E-state index in [1.807, 2.05) is 52.0 Å². The Balaban J connectivity index is 4.15. The minimum Gasteiger partial charge on any atom is -0.481 e. The van der Waals surface area contributed by atoms with Crippen LogP contribution in [-0.2, 0) is 4.79 Å². The first-order valence-corrected chi connectivity index (χ1v) is 13.5. The highest BCUT2D eigenvalue weighted by Gasteiger charge is 2.25. The maximum absolute atomic E-state index is 10.6. The molecule has 0 fully saturated rings. The zero-order valence-electron chi connectivity index (χ0n) is 22.6. The van der Waals surface area contributed by atoms with Gasteiger partial charge in [-0.2, -0.15) is 0 Å². The van der Waals surface area contributed by atoms with Gasteiger partial charge >= 0.3 is 5.97 Å². The van der Waals surface area contributed by atoms with E-state index < -0.39 is 24.3 Å². The van der Waals surface area contributed by atoms with Crippen LogP contribution in [0.5, 0.6) is 0 Å². The van der Waals surface area contributed by atoms with Gasteiger partial charge < -0.3 is 20.4 Å². The Bertz CT molecular complexity index is 639. The second kappa shape index (κ2) is 20.5. The smallest absolute Gasteiger partial charge is 0.303 e. The fourth-order valence-electron chi connectivity index (χ4n) is 4.18. The number of aliphatic hydroxyl groups is 3. The Morgan fingerprint density at radius 3 is 1.83 bits per heavy atom. The Kier molecular flexibility index (Phi) is 19.5. The average molecular weight is 493 g/mol. The van der Waals surface area contributed by atoms with Crippen LogP contribution in [0, 0.1) is 23.7 Å².